The number of carbonyl (C=O) groups is 3. The lowest BCUT2D eigenvalue weighted by atomic mass is 10.1. The number of hydrogen-bond acceptors (Lipinski definition) is 4. The monoisotopic (exact) mass is 239 g/mol. The third-order valence-corrected chi connectivity index (χ3v) is 3.30. The topological polar surface area (TPSA) is 78.5 Å². The van der Waals surface area contributed by atoms with Crippen LogP contribution in [0.3, 0.4) is 0 Å². The Balaban J connectivity index is 1.94. The van der Waals surface area contributed by atoms with E-state index in [0.717, 1.165) is 17.7 Å². The van der Waals surface area contributed by atoms with Crippen molar-refractivity contribution in [2.75, 3.05) is 13.6 Å². The third kappa shape index (κ3) is 2.63. The highest BCUT2D eigenvalue weighted by molar-refractivity contribution is 6.05. The number of carbonyl (C=O) groups excluding carboxylic acids is 3. The Hall–Kier alpha value is -1.43. The summed E-state index contributed by atoms with van der Waals surface area (Å²) in [7, 11) is 1.49. The van der Waals surface area contributed by atoms with Crippen molar-refractivity contribution in [3.8, 4) is 0 Å². The molecule has 0 aromatic rings. The second kappa shape index (κ2) is 4.83. The van der Waals surface area contributed by atoms with Crippen LogP contribution in [0, 0.1) is 0 Å². The molecule has 6 nitrogen and oxygen atoms in total. The largest absolute Gasteiger partial charge is 0.356 e. The fourth-order valence-electron chi connectivity index (χ4n) is 2.29. The first-order valence-electron chi connectivity index (χ1n) is 5.91. The quantitative estimate of drug-likeness (QED) is 0.606. The van der Waals surface area contributed by atoms with E-state index in [9.17, 15) is 14.4 Å². The Kier molecular flexibility index (Phi) is 3.42. The number of likely N-dealkylation sites (N-methyl/N-ethyl adjacent to an activating group) is 1. The summed E-state index contributed by atoms with van der Waals surface area (Å²) in [5.41, 5.74) is 0. The van der Waals surface area contributed by atoms with Crippen LogP contribution in [0.1, 0.15) is 25.7 Å². The first-order chi connectivity index (χ1) is 8.08. The van der Waals surface area contributed by atoms with E-state index in [1.165, 1.54) is 7.05 Å². The van der Waals surface area contributed by atoms with Gasteiger partial charge in [0.05, 0.1) is 12.5 Å². The van der Waals surface area contributed by atoms with E-state index in [2.05, 4.69) is 10.6 Å². The van der Waals surface area contributed by atoms with Gasteiger partial charge in [-0.25, -0.2) is 0 Å². The molecule has 2 rings (SSSR count). The predicted octanol–water partition coefficient (Wildman–Crippen LogP) is -0.998. The minimum Gasteiger partial charge on any atom is -0.356 e. The molecular weight excluding hydrogens is 222 g/mol. The molecule has 0 aromatic heterocycles. The van der Waals surface area contributed by atoms with Crippen LogP contribution >= 0.6 is 0 Å². The molecular formula is C11H17N3O3. The maximum atomic E-state index is 11.7. The predicted molar refractivity (Wildman–Crippen MR) is 60.0 cm³/mol. The second-order valence-corrected chi connectivity index (χ2v) is 4.61. The zero-order valence-electron chi connectivity index (χ0n) is 9.86. The van der Waals surface area contributed by atoms with Crippen molar-refractivity contribution in [2.45, 2.75) is 37.8 Å². The normalized spacial score (nSPS) is 30.4. The number of amides is 3. The Morgan fingerprint density at radius 1 is 1.29 bits per heavy atom. The van der Waals surface area contributed by atoms with Crippen molar-refractivity contribution in [1.82, 2.24) is 15.5 Å². The van der Waals surface area contributed by atoms with Crippen LogP contribution in [0.15, 0.2) is 0 Å². The summed E-state index contributed by atoms with van der Waals surface area (Å²) in [6.45, 7) is 0.689. The molecule has 0 radical (unpaired) electrons. The molecule has 3 amide bonds. The number of rotatable bonds is 2. The highest BCUT2D eigenvalue weighted by atomic mass is 16.2. The highest BCUT2D eigenvalue weighted by Gasteiger charge is 2.37. The van der Waals surface area contributed by atoms with Gasteiger partial charge >= 0.3 is 0 Å². The van der Waals surface area contributed by atoms with Crippen molar-refractivity contribution in [3.05, 3.63) is 0 Å². The molecule has 2 aliphatic rings. The van der Waals surface area contributed by atoms with Crippen LogP contribution in [0.25, 0.3) is 0 Å². The molecule has 6 heteroatoms. The van der Waals surface area contributed by atoms with Gasteiger partial charge in [0.2, 0.25) is 17.7 Å². The summed E-state index contributed by atoms with van der Waals surface area (Å²) >= 11 is 0. The van der Waals surface area contributed by atoms with E-state index in [0.29, 0.717) is 13.0 Å². The van der Waals surface area contributed by atoms with Gasteiger partial charge in [0.1, 0.15) is 0 Å². The van der Waals surface area contributed by atoms with Gasteiger partial charge in [-0.15, -0.1) is 0 Å². The molecule has 2 atom stereocenters. The minimum atomic E-state index is -0.455. The average molecular weight is 239 g/mol. The van der Waals surface area contributed by atoms with Gasteiger partial charge in [-0.1, -0.05) is 0 Å². The van der Waals surface area contributed by atoms with E-state index in [4.69, 9.17) is 0 Å². The first-order valence-corrected chi connectivity index (χ1v) is 5.91. The van der Waals surface area contributed by atoms with Crippen LogP contribution in [-0.2, 0) is 14.4 Å². The third-order valence-electron chi connectivity index (χ3n) is 3.30. The van der Waals surface area contributed by atoms with Gasteiger partial charge < -0.3 is 10.6 Å². The molecule has 2 heterocycles. The van der Waals surface area contributed by atoms with Gasteiger partial charge in [0.25, 0.3) is 0 Å². The minimum absolute atomic E-state index is 0.00475. The lowest BCUT2D eigenvalue weighted by Gasteiger charge is -2.18. The molecule has 2 saturated heterocycles. The maximum Gasteiger partial charge on any atom is 0.246 e. The number of nitrogens with one attached hydrogen (secondary N) is 2. The van der Waals surface area contributed by atoms with Crippen molar-refractivity contribution in [3.63, 3.8) is 0 Å². The van der Waals surface area contributed by atoms with Gasteiger partial charge in [-0.3, -0.25) is 19.3 Å². The van der Waals surface area contributed by atoms with E-state index >= 15 is 0 Å². The standard InChI is InChI=1S/C11H17N3O3/c1-14-10(16)6-8(11(14)17)13-7-3-2-4-12-9(15)5-7/h7-8,13H,2-6H2,1H3,(H,12,15). The Morgan fingerprint density at radius 3 is 2.71 bits per heavy atom. The number of imide groups is 1. The fourth-order valence-corrected chi connectivity index (χ4v) is 2.29. The van der Waals surface area contributed by atoms with Crippen molar-refractivity contribution < 1.29 is 14.4 Å². The van der Waals surface area contributed by atoms with Gasteiger partial charge in [-0.2, -0.15) is 0 Å². The Morgan fingerprint density at radius 2 is 2.06 bits per heavy atom. The SMILES string of the molecule is CN1C(=O)CC(NC2CCCNC(=O)C2)C1=O. The van der Waals surface area contributed by atoms with Crippen molar-refractivity contribution in [1.29, 1.82) is 0 Å². The van der Waals surface area contributed by atoms with E-state index in [-0.39, 0.29) is 30.2 Å². The Bertz CT molecular complexity index is 356. The second-order valence-electron chi connectivity index (χ2n) is 4.61. The molecule has 0 spiro atoms. The van der Waals surface area contributed by atoms with Crippen LogP contribution < -0.4 is 10.6 Å². The van der Waals surface area contributed by atoms with Gasteiger partial charge in [-0.05, 0) is 12.8 Å². The molecule has 2 unspecified atom stereocenters. The Labute approximate surface area is 99.7 Å². The van der Waals surface area contributed by atoms with Crippen molar-refractivity contribution >= 4 is 17.7 Å². The molecule has 2 N–H and O–H groups in total. The summed E-state index contributed by atoms with van der Waals surface area (Å²) in [4.78, 5) is 35.6. The molecule has 94 valence electrons. The smallest absolute Gasteiger partial charge is 0.246 e. The van der Waals surface area contributed by atoms with E-state index < -0.39 is 6.04 Å². The number of likely N-dealkylation sites (tertiary alicyclic amines) is 1. The van der Waals surface area contributed by atoms with Gasteiger partial charge in [0.15, 0.2) is 0 Å². The molecule has 17 heavy (non-hydrogen) atoms. The van der Waals surface area contributed by atoms with Crippen LogP contribution in [0.5, 0.6) is 0 Å². The zero-order chi connectivity index (χ0) is 12.4. The number of hydrogen-bond donors (Lipinski definition) is 2. The summed E-state index contributed by atoms with van der Waals surface area (Å²) in [5, 5.41) is 5.91. The molecule has 2 aliphatic heterocycles. The first kappa shape index (κ1) is 12.0. The molecule has 2 fully saturated rings. The zero-order valence-corrected chi connectivity index (χ0v) is 9.86. The van der Waals surface area contributed by atoms with Gasteiger partial charge in [0, 0.05) is 26.1 Å². The summed E-state index contributed by atoms with van der Waals surface area (Å²) in [6, 6.07) is -0.464. The molecule has 0 bridgehead atoms. The van der Waals surface area contributed by atoms with E-state index in [1.807, 2.05) is 0 Å². The summed E-state index contributed by atoms with van der Waals surface area (Å²) in [5.74, 6) is -0.352. The molecule has 0 aromatic carbocycles. The summed E-state index contributed by atoms with van der Waals surface area (Å²) < 4.78 is 0. The van der Waals surface area contributed by atoms with E-state index in [1.54, 1.807) is 0 Å². The summed E-state index contributed by atoms with van der Waals surface area (Å²) in [6.07, 6.45) is 2.32. The fraction of sp³-hybridized carbons (Fsp3) is 0.727. The van der Waals surface area contributed by atoms with Crippen molar-refractivity contribution in [2.24, 2.45) is 0 Å². The van der Waals surface area contributed by atoms with Crippen LogP contribution in [-0.4, -0.2) is 48.3 Å². The number of nitrogens with zero attached hydrogens (tertiary/aromatic N) is 1. The average Bonchev–Trinajstić information content (AvgIpc) is 2.47. The lowest BCUT2D eigenvalue weighted by Crippen LogP contribution is -2.44. The molecule has 0 saturated carbocycles. The van der Waals surface area contributed by atoms with Crippen LogP contribution in [0.2, 0.25) is 0 Å². The van der Waals surface area contributed by atoms with Crippen LogP contribution in [0.4, 0.5) is 0 Å². The lowest BCUT2D eigenvalue weighted by molar-refractivity contribution is -0.137. The maximum absolute atomic E-state index is 11.7. The highest BCUT2D eigenvalue weighted by Crippen LogP contribution is 2.14. The molecule has 0 aliphatic carbocycles.